The second-order valence-electron chi connectivity index (χ2n) is 5.49. The van der Waals surface area contributed by atoms with Gasteiger partial charge in [-0.05, 0) is 36.6 Å². The molecule has 114 valence electrons. The third-order valence-corrected chi connectivity index (χ3v) is 3.98. The van der Waals surface area contributed by atoms with Crippen molar-refractivity contribution in [3.8, 4) is 0 Å². The molecule has 0 unspecified atom stereocenters. The van der Waals surface area contributed by atoms with Crippen LogP contribution in [0, 0.1) is 0 Å². The lowest BCUT2D eigenvalue weighted by molar-refractivity contribution is 0.122. The minimum absolute atomic E-state index is 0.519. The summed E-state index contributed by atoms with van der Waals surface area (Å²) >= 11 is 6.13. The molecule has 3 rings (SSSR count). The monoisotopic (exact) mass is 308 g/mol. The Morgan fingerprint density at radius 3 is 2.86 bits per heavy atom. The molecule has 1 aliphatic carbocycles. The van der Waals surface area contributed by atoms with E-state index in [4.69, 9.17) is 22.1 Å². The van der Waals surface area contributed by atoms with Crippen molar-refractivity contribution in [1.29, 1.82) is 0 Å². The van der Waals surface area contributed by atoms with Crippen LogP contribution >= 0.6 is 11.6 Å². The number of halogens is 1. The van der Waals surface area contributed by atoms with Gasteiger partial charge in [-0.3, -0.25) is 0 Å². The molecule has 0 aromatic heterocycles. The average molecular weight is 309 g/mol. The summed E-state index contributed by atoms with van der Waals surface area (Å²) in [5.74, 6) is 0.519. The van der Waals surface area contributed by atoms with Crippen LogP contribution in [-0.4, -0.2) is 38.3 Å². The molecule has 0 atom stereocenters. The van der Waals surface area contributed by atoms with E-state index in [9.17, 15) is 0 Å². The Balaban J connectivity index is 1.73. The van der Waals surface area contributed by atoms with Gasteiger partial charge in [0, 0.05) is 29.8 Å². The van der Waals surface area contributed by atoms with E-state index < -0.39 is 0 Å². The molecule has 21 heavy (non-hydrogen) atoms. The maximum absolute atomic E-state index is 6.13. The summed E-state index contributed by atoms with van der Waals surface area (Å²) in [6.45, 7) is 3.86. The number of hydrogen-bond acceptors (Lipinski definition) is 3. The zero-order chi connectivity index (χ0) is 14.7. The van der Waals surface area contributed by atoms with E-state index >= 15 is 0 Å². The van der Waals surface area contributed by atoms with Crippen LogP contribution in [0.2, 0.25) is 5.02 Å². The number of ether oxygens (including phenoxy) is 1. The highest BCUT2D eigenvalue weighted by Gasteiger charge is 2.21. The van der Waals surface area contributed by atoms with Crippen LogP contribution in [0.25, 0.3) is 0 Å². The fourth-order valence-electron chi connectivity index (χ4n) is 2.45. The molecule has 0 radical (unpaired) electrons. The van der Waals surface area contributed by atoms with Crippen molar-refractivity contribution in [3.05, 3.63) is 28.8 Å². The molecular formula is C15H21ClN4O. The van der Waals surface area contributed by atoms with Gasteiger partial charge in [-0.1, -0.05) is 11.6 Å². The van der Waals surface area contributed by atoms with Crippen molar-refractivity contribution in [2.75, 3.05) is 31.2 Å². The highest BCUT2D eigenvalue weighted by atomic mass is 35.5. The first-order valence-corrected chi connectivity index (χ1v) is 7.78. The molecule has 5 nitrogen and oxygen atoms in total. The lowest BCUT2D eigenvalue weighted by Crippen LogP contribution is -2.37. The molecule has 0 bridgehead atoms. The Bertz CT molecular complexity index is 524. The Kier molecular flexibility index (Phi) is 4.51. The molecule has 1 aromatic carbocycles. The maximum atomic E-state index is 6.13. The van der Waals surface area contributed by atoms with Crippen LogP contribution in [0.3, 0.4) is 0 Å². The molecule has 2 aliphatic rings. The molecular weight excluding hydrogens is 288 g/mol. The van der Waals surface area contributed by atoms with Crippen LogP contribution < -0.4 is 16.0 Å². The van der Waals surface area contributed by atoms with E-state index in [1.165, 1.54) is 18.5 Å². The number of guanidine groups is 1. The lowest BCUT2D eigenvalue weighted by Gasteiger charge is -2.30. The SMILES string of the molecule is NC(=NCc1cc(Cl)ccc1N1CCOCC1)NC1CC1. The topological polar surface area (TPSA) is 62.9 Å². The second kappa shape index (κ2) is 6.54. The summed E-state index contributed by atoms with van der Waals surface area (Å²) in [6.07, 6.45) is 2.37. The molecule has 1 saturated heterocycles. The van der Waals surface area contributed by atoms with Crippen LogP contribution in [0.15, 0.2) is 23.2 Å². The Morgan fingerprint density at radius 1 is 1.38 bits per heavy atom. The number of morpholine rings is 1. The highest BCUT2D eigenvalue weighted by molar-refractivity contribution is 6.30. The van der Waals surface area contributed by atoms with Crippen LogP contribution in [0.5, 0.6) is 0 Å². The van der Waals surface area contributed by atoms with Gasteiger partial charge in [0.25, 0.3) is 0 Å². The van der Waals surface area contributed by atoms with E-state index in [0.29, 0.717) is 18.5 Å². The van der Waals surface area contributed by atoms with Gasteiger partial charge in [0.05, 0.1) is 19.8 Å². The molecule has 1 aromatic rings. The number of rotatable bonds is 4. The largest absolute Gasteiger partial charge is 0.378 e. The number of nitrogens with one attached hydrogen (secondary N) is 1. The number of benzene rings is 1. The standard InChI is InChI=1S/C15H21ClN4O/c16-12-1-4-14(20-5-7-21-8-6-20)11(9-12)10-18-15(17)19-13-2-3-13/h1,4,9,13H,2-3,5-8,10H2,(H3,17,18,19). The number of anilines is 1. The Labute approximate surface area is 130 Å². The first-order valence-electron chi connectivity index (χ1n) is 7.40. The highest BCUT2D eigenvalue weighted by Crippen LogP contribution is 2.26. The summed E-state index contributed by atoms with van der Waals surface area (Å²) in [7, 11) is 0. The van der Waals surface area contributed by atoms with Gasteiger partial charge in [0.15, 0.2) is 5.96 Å². The quantitative estimate of drug-likeness (QED) is 0.657. The maximum Gasteiger partial charge on any atom is 0.189 e. The van der Waals surface area contributed by atoms with E-state index in [2.05, 4.69) is 21.3 Å². The molecule has 0 spiro atoms. The summed E-state index contributed by atoms with van der Waals surface area (Å²) in [5.41, 5.74) is 8.18. The minimum atomic E-state index is 0.519. The summed E-state index contributed by atoms with van der Waals surface area (Å²) in [4.78, 5) is 6.75. The molecule has 3 N–H and O–H groups in total. The van der Waals surface area contributed by atoms with Crippen molar-refractivity contribution in [3.63, 3.8) is 0 Å². The molecule has 0 amide bonds. The van der Waals surface area contributed by atoms with Gasteiger partial charge in [-0.25, -0.2) is 4.99 Å². The third-order valence-electron chi connectivity index (χ3n) is 3.74. The van der Waals surface area contributed by atoms with E-state index in [0.717, 1.165) is 36.9 Å². The van der Waals surface area contributed by atoms with Crippen LogP contribution in [0.1, 0.15) is 18.4 Å². The van der Waals surface area contributed by atoms with Gasteiger partial charge in [0.1, 0.15) is 0 Å². The first-order chi connectivity index (χ1) is 10.2. The molecule has 6 heteroatoms. The predicted molar refractivity (Wildman–Crippen MR) is 86.0 cm³/mol. The van der Waals surface area contributed by atoms with Crippen molar-refractivity contribution in [1.82, 2.24) is 5.32 Å². The number of nitrogens with two attached hydrogens (primary N) is 1. The normalized spacial score (nSPS) is 19.7. The summed E-state index contributed by atoms with van der Waals surface area (Å²) in [6, 6.07) is 6.47. The molecule has 1 heterocycles. The van der Waals surface area contributed by atoms with Gasteiger partial charge in [-0.15, -0.1) is 0 Å². The van der Waals surface area contributed by atoms with Crippen LogP contribution in [0.4, 0.5) is 5.69 Å². The van der Waals surface area contributed by atoms with Crippen molar-refractivity contribution in [2.45, 2.75) is 25.4 Å². The van der Waals surface area contributed by atoms with Crippen LogP contribution in [-0.2, 0) is 11.3 Å². The van der Waals surface area contributed by atoms with E-state index in [1.807, 2.05) is 12.1 Å². The van der Waals surface area contributed by atoms with Crippen molar-refractivity contribution >= 4 is 23.2 Å². The van der Waals surface area contributed by atoms with E-state index in [-0.39, 0.29) is 0 Å². The molecule has 1 aliphatic heterocycles. The van der Waals surface area contributed by atoms with Gasteiger partial charge >= 0.3 is 0 Å². The number of nitrogens with zero attached hydrogens (tertiary/aromatic N) is 2. The second-order valence-corrected chi connectivity index (χ2v) is 5.93. The van der Waals surface area contributed by atoms with Gasteiger partial charge < -0.3 is 20.7 Å². The molecule has 2 fully saturated rings. The fraction of sp³-hybridized carbons (Fsp3) is 0.533. The fourth-order valence-corrected chi connectivity index (χ4v) is 2.64. The lowest BCUT2D eigenvalue weighted by atomic mass is 10.1. The van der Waals surface area contributed by atoms with Gasteiger partial charge in [-0.2, -0.15) is 0 Å². The molecule has 1 saturated carbocycles. The zero-order valence-electron chi connectivity index (χ0n) is 12.0. The Hall–Kier alpha value is -1.46. The summed E-state index contributed by atoms with van der Waals surface area (Å²) in [5, 5.41) is 3.93. The predicted octanol–water partition coefficient (Wildman–Crippen LogP) is 1.74. The average Bonchev–Trinajstić information content (AvgIpc) is 3.30. The Morgan fingerprint density at radius 2 is 2.14 bits per heavy atom. The van der Waals surface area contributed by atoms with Crippen molar-refractivity contribution in [2.24, 2.45) is 10.7 Å². The van der Waals surface area contributed by atoms with Crippen molar-refractivity contribution < 1.29 is 4.74 Å². The van der Waals surface area contributed by atoms with E-state index in [1.54, 1.807) is 0 Å². The number of aliphatic imine (C=N–C) groups is 1. The smallest absolute Gasteiger partial charge is 0.189 e. The summed E-state index contributed by atoms with van der Waals surface area (Å²) < 4.78 is 5.41. The zero-order valence-corrected chi connectivity index (χ0v) is 12.8. The number of hydrogen-bond donors (Lipinski definition) is 2. The third kappa shape index (κ3) is 4.02. The van der Waals surface area contributed by atoms with Gasteiger partial charge in [0.2, 0.25) is 0 Å². The first kappa shape index (κ1) is 14.5. The minimum Gasteiger partial charge on any atom is -0.378 e.